The van der Waals surface area contributed by atoms with Crippen LogP contribution < -0.4 is 0 Å². The van der Waals surface area contributed by atoms with E-state index in [1.807, 2.05) is 47.5 Å². The number of alkyl halides is 6. The maximum atomic E-state index is 13.1. The molecule has 1 aromatic carbocycles. The summed E-state index contributed by atoms with van der Waals surface area (Å²) in [6.07, 6.45) is -2.69. The third-order valence-electron chi connectivity index (χ3n) is 6.35. The summed E-state index contributed by atoms with van der Waals surface area (Å²) < 4.78 is 91.6. The molecule has 2 aromatic heterocycles. The van der Waals surface area contributed by atoms with Crippen molar-refractivity contribution in [1.29, 1.82) is 0 Å². The summed E-state index contributed by atoms with van der Waals surface area (Å²) in [7, 11) is -3.28. The SMILES string of the molecule is CCn1cc(CN2CC3c4cc(-c5cccnc5)ccc4S(=O)(=O)C3C2)cn1.O=C(O)C(F)(F)F.O=C(O)C(F)(F)F. The quantitative estimate of drug-likeness (QED) is 0.413. The summed E-state index contributed by atoms with van der Waals surface area (Å²) in [6, 6.07) is 9.62. The fraction of sp³-hybridized carbons (Fsp3) is 0.360. The van der Waals surface area contributed by atoms with Crippen LogP contribution in [-0.2, 0) is 32.5 Å². The molecule has 0 spiro atoms. The standard InChI is InChI=1S/C21H22N4O2S.2C2HF3O2/c1-2-25-12-15(9-23-25)11-24-13-19-18-8-16(17-4-3-7-22-10-17)5-6-20(18)28(26,27)21(19)14-24;2*3-2(4,5)1(6)7/h3-10,12,19,21H,2,11,13-14H2,1H3;2*(H,6,7). The summed E-state index contributed by atoms with van der Waals surface area (Å²) >= 11 is 0. The number of aromatic nitrogens is 3. The molecule has 2 aliphatic rings. The van der Waals surface area contributed by atoms with Crippen LogP contribution in [0.1, 0.15) is 24.0 Å². The first kappa shape index (κ1) is 32.5. The van der Waals surface area contributed by atoms with Gasteiger partial charge in [0, 0.05) is 56.3 Å². The number of aliphatic carboxylic acids is 2. The summed E-state index contributed by atoms with van der Waals surface area (Å²) in [5.74, 6) is -5.49. The number of halogens is 6. The summed E-state index contributed by atoms with van der Waals surface area (Å²) in [5.41, 5.74) is 4.11. The largest absolute Gasteiger partial charge is 0.490 e. The highest BCUT2D eigenvalue weighted by Gasteiger charge is 2.50. The Balaban J connectivity index is 0.000000289. The second-order valence-corrected chi connectivity index (χ2v) is 11.3. The Morgan fingerprint density at radius 1 is 0.976 bits per heavy atom. The summed E-state index contributed by atoms with van der Waals surface area (Å²) in [5, 5.41) is 18.2. The lowest BCUT2D eigenvalue weighted by Crippen LogP contribution is -2.25. The Bertz CT molecular complexity index is 1500. The van der Waals surface area contributed by atoms with Crippen molar-refractivity contribution >= 4 is 21.8 Å². The van der Waals surface area contributed by atoms with Crippen LogP contribution in [0.15, 0.2) is 60.0 Å². The highest BCUT2D eigenvalue weighted by molar-refractivity contribution is 7.92. The normalized spacial score (nSPS) is 19.0. The number of nitrogens with zero attached hydrogens (tertiary/aromatic N) is 4. The monoisotopic (exact) mass is 622 g/mol. The van der Waals surface area contributed by atoms with Gasteiger partial charge in [-0.1, -0.05) is 12.1 Å². The van der Waals surface area contributed by atoms with Crippen LogP contribution in [-0.4, -0.2) is 80.9 Å². The lowest BCUT2D eigenvalue weighted by atomic mass is 9.95. The fourth-order valence-corrected chi connectivity index (χ4v) is 6.68. The van der Waals surface area contributed by atoms with Crippen LogP contribution >= 0.6 is 0 Å². The molecule has 42 heavy (non-hydrogen) atoms. The van der Waals surface area contributed by atoms with Crippen molar-refractivity contribution in [1.82, 2.24) is 19.7 Å². The van der Waals surface area contributed by atoms with Crippen molar-refractivity contribution in [2.24, 2.45) is 0 Å². The number of pyridine rings is 1. The maximum absolute atomic E-state index is 13.1. The number of fused-ring (bicyclic) bond motifs is 3. The highest BCUT2D eigenvalue weighted by Crippen LogP contribution is 2.46. The van der Waals surface area contributed by atoms with Crippen molar-refractivity contribution in [3.63, 3.8) is 0 Å². The minimum absolute atomic E-state index is 0.0258. The van der Waals surface area contributed by atoms with Crippen LogP contribution in [0.5, 0.6) is 0 Å². The molecule has 228 valence electrons. The number of carboxylic acids is 2. The number of sulfone groups is 1. The number of aryl methyl sites for hydroxylation is 1. The molecule has 1 saturated heterocycles. The van der Waals surface area contributed by atoms with E-state index in [0.717, 1.165) is 41.9 Å². The van der Waals surface area contributed by atoms with Crippen LogP contribution in [0, 0.1) is 0 Å². The Morgan fingerprint density at radius 3 is 2.10 bits per heavy atom. The molecular weight excluding hydrogens is 598 g/mol. The first-order valence-electron chi connectivity index (χ1n) is 12.1. The molecule has 0 radical (unpaired) electrons. The van der Waals surface area contributed by atoms with Gasteiger partial charge in [0.15, 0.2) is 9.84 Å². The molecule has 2 aliphatic heterocycles. The number of rotatable bonds is 4. The van der Waals surface area contributed by atoms with Gasteiger partial charge in [-0.05, 0) is 41.8 Å². The number of carbonyl (C=O) groups is 2. The van der Waals surface area contributed by atoms with Gasteiger partial charge >= 0.3 is 24.3 Å². The van der Waals surface area contributed by atoms with Gasteiger partial charge in [0.1, 0.15) is 0 Å². The predicted molar refractivity (Wildman–Crippen MR) is 134 cm³/mol. The van der Waals surface area contributed by atoms with Gasteiger partial charge in [-0.25, -0.2) is 18.0 Å². The van der Waals surface area contributed by atoms with Gasteiger partial charge in [0.25, 0.3) is 0 Å². The van der Waals surface area contributed by atoms with Crippen LogP contribution in [0.4, 0.5) is 26.3 Å². The van der Waals surface area contributed by atoms with Gasteiger partial charge in [-0.3, -0.25) is 14.6 Å². The molecule has 2 unspecified atom stereocenters. The Morgan fingerprint density at radius 2 is 1.60 bits per heavy atom. The van der Waals surface area contributed by atoms with Crippen LogP contribution in [0.3, 0.4) is 0 Å². The molecule has 4 heterocycles. The molecule has 10 nitrogen and oxygen atoms in total. The van der Waals surface area contributed by atoms with Crippen molar-refractivity contribution in [3.8, 4) is 11.1 Å². The first-order valence-corrected chi connectivity index (χ1v) is 13.6. The van der Waals surface area contributed by atoms with E-state index in [2.05, 4.69) is 21.9 Å². The van der Waals surface area contributed by atoms with Crippen molar-refractivity contribution < 1.29 is 54.6 Å². The van der Waals surface area contributed by atoms with E-state index in [0.29, 0.717) is 11.4 Å². The van der Waals surface area contributed by atoms with Crippen LogP contribution in [0.25, 0.3) is 11.1 Å². The van der Waals surface area contributed by atoms with E-state index in [9.17, 15) is 34.8 Å². The van der Waals surface area contributed by atoms with Gasteiger partial charge in [-0.2, -0.15) is 31.4 Å². The minimum Gasteiger partial charge on any atom is -0.475 e. The zero-order valence-corrected chi connectivity index (χ0v) is 22.5. The lowest BCUT2D eigenvalue weighted by molar-refractivity contribution is -0.193. The smallest absolute Gasteiger partial charge is 0.475 e. The summed E-state index contributed by atoms with van der Waals surface area (Å²) in [6.45, 7) is 4.95. The predicted octanol–water partition coefficient (Wildman–Crippen LogP) is 3.99. The van der Waals surface area contributed by atoms with E-state index in [1.54, 1.807) is 12.3 Å². The second-order valence-electron chi connectivity index (χ2n) is 9.19. The van der Waals surface area contributed by atoms with Crippen molar-refractivity contribution in [3.05, 3.63) is 66.2 Å². The van der Waals surface area contributed by atoms with E-state index in [1.165, 1.54) is 0 Å². The van der Waals surface area contributed by atoms with Crippen molar-refractivity contribution in [2.45, 2.75) is 48.4 Å². The van der Waals surface area contributed by atoms with Crippen molar-refractivity contribution in [2.75, 3.05) is 13.1 Å². The fourth-order valence-electron chi connectivity index (χ4n) is 4.49. The average molecular weight is 623 g/mol. The zero-order chi connectivity index (χ0) is 31.5. The van der Waals surface area contributed by atoms with Crippen LogP contribution in [0.2, 0.25) is 0 Å². The van der Waals surface area contributed by atoms with Gasteiger partial charge in [0.2, 0.25) is 0 Å². The topological polar surface area (TPSA) is 143 Å². The maximum Gasteiger partial charge on any atom is 0.490 e. The third-order valence-corrected chi connectivity index (χ3v) is 8.61. The Kier molecular flexibility index (Phi) is 9.66. The molecule has 2 atom stereocenters. The molecule has 0 aliphatic carbocycles. The number of likely N-dealkylation sites (tertiary alicyclic amines) is 1. The van der Waals surface area contributed by atoms with E-state index in [-0.39, 0.29) is 11.2 Å². The first-order chi connectivity index (χ1) is 19.4. The van der Waals surface area contributed by atoms with E-state index in [4.69, 9.17) is 19.8 Å². The molecule has 0 amide bonds. The minimum atomic E-state index is -5.08. The highest BCUT2D eigenvalue weighted by atomic mass is 32.2. The third kappa shape index (κ3) is 7.64. The molecule has 0 saturated carbocycles. The number of carboxylic acid groups (broad SMARTS) is 2. The van der Waals surface area contributed by atoms with Gasteiger partial charge in [-0.15, -0.1) is 0 Å². The number of hydrogen-bond acceptors (Lipinski definition) is 7. The number of hydrogen-bond donors (Lipinski definition) is 2. The lowest BCUT2D eigenvalue weighted by Gasteiger charge is -2.16. The zero-order valence-electron chi connectivity index (χ0n) is 21.7. The molecule has 3 aromatic rings. The molecule has 5 rings (SSSR count). The average Bonchev–Trinajstić information content (AvgIpc) is 3.60. The molecular formula is C25H24F6N4O6S. The Labute approximate surface area is 235 Å². The Hall–Kier alpha value is -3.99. The summed E-state index contributed by atoms with van der Waals surface area (Å²) in [4.78, 5) is 24.7. The molecule has 1 fully saturated rings. The van der Waals surface area contributed by atoms with Gasteiger partial charge in [0.05, 0.1) is 16.3 Å². The molecule has 0 bridgehead atoms. The number of benzene rings is 1. The second kappa shape index (κ2) is 12.5. The van der Waals surface area contributed by atoms with E-state index >= 15 is 0 Å². The van der Waals surface area contributed by atoms with E-state index < -0.39 is 34.1 Å². The van der Waals surface area contributed by atoms with Gasteiger partial charge < -0.3 is 10.2 Å². The molecule has 2 N–H and O–H groups in total. The molecule has 17 heteroatoms.